The van der Waals surface area contributed by atoms with Crippen LogP contribution in [0.5, 0.6) is 0 Å². The van der Waals surface area contributed by atoms with Gasteiger partial charge in [0, 0.05) is 18.2 Å². The van der Waals surface area contributed by atoms with E-state index in [2.05, 4.69) is 18.8 Å². The molecule has 1 aliphatic heterocycles. The Morgan fingerprint density at radius 1 is 1.83 bits per heavy atom. The Bertz CT molecular complexity index is 83.9. The van der Waals surface area contributed by atoms with E-state index in [1.54, 1.807) is 0 Å². The molecule has 0 radical (unpaired) electrons. The van der Waals surface area contributed by atoms with Crippen molar-refractivity contribution < 1.29 is 0 Å². The van der Waals surface area contributed by atoms with E-state index in [1.165, 1.54) is 5.71 Å². The van der Waals surface area contributed by atoms with E-state index in [4.69, 9.17) is 0 Å². The lowest BCUT2D eigenvalue weighted by atomic mass is 10.0. The standard InChI is InChI=1S/C5H9N/c1-4-3-6-5(4)2/h4H,3H2,1-2H3/t4-/m1/s1. The minimum Gasteiger partial charge on any atom is -0.293 e. The molecule has 0 aromatic carbocycles. The monoisotopic (exact) mass is 83.1 g/mol. The zero-order valence-corrected chi connectivity index (χ0v) is 4.23. The fourth-order valence-corrected chi connectivity index (χ4v) is 0.456. The lowest BCUT2D eigenvalue weighted by Crippen LogP contribution is -2.20. The van der Waals surface area contributed by atoms with Gasteiger partial charge in [0.2, 0.25) is 0 Å². The Morgan fingerprint density at radius 3 is 2.33 bits per heavy atom. The number of nitrogens with zero attached hydrogens (tertiary/aromatic N) is 1. The molecule has 0 bridgehead atoms. The average molecular weight is 83.1 g/mol. The minimum atomic E-state index is 0.782. The maximum atomic E-state index is 4.07. The van der Waals surface area contributed by atoms with Crippen molar-refractivity contribution in [1.29, 1.82) is 0 Å². The van der Waals surface area contributed by atoms with Gasteiger partial charge in [0.25, 0.3) is 0 Å². The highest BCUT2D eigenvalue weighted by atomic mass is 14.8. The largest absolute Gasteiger partial charge is 0.293 e. The topological polar surface area (TPSA) is 12.4 Å². The van der Waals surface area contributed by atoms with Gasteiger partial charge >= 0.3 is 0 Å². The first-order valence-electron chi connectivity index (χ1n) is 2.31. The van der Waals surface area contributed by atoms with Crippen molar-refractivity contribution in [2.24, 2.45) is 10.9 Å². The molecular formula is C5H9N. The zero-order valence-electron chi connectivity index (χ0n) is 4.23. The highest BCUT2D eigenvalue weighted by molar-refractivity contribution is 5.88. The molecule has 0 saturated heterocycles. The summed E-state index contributed by atoms with van der Waals surface area (Å²) >= 11 is 0. The van der Waals surface area contributed by atoms with Gasteiger partial charge in [0.15, 0.2) is 0 Å². The van der Waals surface area contributed by atoms with Gasteiger partial charge in [0.05, 0.1) is 0 Å². The van der Waals surface area contributed by atoms with Gasteiger partial charge < -0.3 is 0 Å². The normalized spacial score (nSPS) is 31.7. The van der Waals surface area contributed by atoms with E-state index in [9.17, 15) is 0 Å². The van der Waals surface area contributed by atoms with Crippen molar-refractivity contribution >= 4 is 5.71 Å². The van der Waals surface area contributed by atoms with Crippen LogP contribution in [0.15, 0.2) is 4.99 Å². The van der Waals surface area contributed by atoms with Crippen molar-refractivity contribution in [1.82, 2.24) is 0 Å². The molecule has 1 rings (SSSR count). The van der Waals surface area contributed by atoms with Crippen molar-refractivity contribution in [2.45, 2.75) is 13.8 Å². The number of hydrogen-bond donors (Lipinski definition) is 0. The third-order valence-electron chi connectivity index (χ3n) is 1.33. The van der Waals surface area contributed by atoms with E-state index >= 15 is 0 Å². The van der Waals surface area contributed by atoms with E-state index in [0.29, 0.717) is 0 Å². The van der Waals surface area contributed by atoms with E-state index in [0.717, 1.165) is 12.5 Å². The molecule has 0 fully saturated rings. The molecule has 34 valence electrons. The fraction of sp³-hybridized carbons (Fsp3) is 0.800. The van der Waals surface area contributed by atoms with E-state index < -0.39 is 0 Å². The summed E-state index contributed by atoms with van der Waals surface area (Å²) in [5.74, 6) is 0.782. The highest BCUT2D eigenvalue weighted by Gasteiger charge is 2.11. The van der Waals surface area contributed by atoms with E-state index in [1.807, 2.05) is 0 Å². The predicted molar refractivity (Wildman–Crippen MR) is 27.1 cm³/mol. The Kier molecular flexibility index (Phi) is 0.685. The van der Waals surface area contributed by atoms with Crippen LogP contribution >= 0.6 is 0 Å². The van der Waals surface area contributed by atoms with Gasteiger partial charge in [-0.3, -0.25) is 4.99 Å². The second-order valence-electron chi connectivity index (χ2n) is 1.88. The first kappa shape index (κ1) is 3.85. The molecule has 1 aliphatic rings. The molecule has 1 heteroatoms. The molecule has 0 saturated carbocycles. The summed E-state index contributed by atoms with van der Waals surface area (Å²) in [5.41, 5.74) is 1.31. The van der Waals surface area contributed by atoms with Gasteiger partial charge in [-0.2, -0.15) is 0 Å². The van der Waals surface area contributed by atoms with Crippen molar-refractivity contribution in [3.8, 4) is 0 Å². The highest BCUT2D eigenvalue weighted by Crippen LogP contribution is 2.08. The van der Waals surface area contributed by atoms with Crippen LogP contribution in [0.25, 0.3) is 0 Å². The van der Waals surface area contributed by atoms with Crippen LogP contribution in [0.4, 0.5) is 0 Å². The summed E-state index contributed by atoms with van der Waals surface area (Å²) in [7, 11) is 0. The maximum absolute atomic E-state index is 4.07. The van der Waals surface area contributed by atoms with Crippen LogP contribution in [0.1, 0.15) is 13.8 Å². The molecule has 0 N–H and O–H groups in total. The SMILES string of the molecule is CC1=NC[C@H]1C. The molecule has 0 aliphatic carbocycles. The fourth-order valence-electron chi connectivity index (χ4n) is 0.456. The van der Waals surface area contributed by atoms with Gasteiger partial charge in [-0.1, -0.05) is 6.92 Å². The lowest BCUT2D eigenvalue weighted by molar-refractivity contribution is 0.706. The molecule has 1 heterocycles. The summed E-state index contributed by atoms with van der Waals surface area (Å²) < 4.78 is 0. The van der Waals surface area contributed by atoms with Crippen molar-refractivity contribution in [3.05, 3.63) is 0 Å². The Labute approximate surface area is 38.1 Å². The minimum absolute atomic E-state index is 0.782. The molecule has 0 amide bonds. The van der Waals surface area contributed by atoms with Crippen molar-refractivity contribution in [2.75, 3.05) is 6.54 Å². The molecule has 1 atom stereocenters. The quantitative estimate of drug-likeness (QED) is 0.416. The first-order chi connectivity index (χ1) is 2.80. The van der Waals surface area contributed by atoms with Gasteiger partial charge in [-0.25, -0.2) is 0 Å². The summed E-state index contributed by atoms with van der Waals surface area (Å²) in [5, 5.41) is 0. The van der Waals surface area contributed by atoms with Crippen LogP contribution < -0.4 is 0 Å². The molecule has 6 heavy (non-hydrogen) atoms. The van der Waals surface area contributed by atoms with Crippen molar-refractivity contribution in [3.63, 3.8) is 0 Å². The summed E-state index contributed by atoms with van der Waals surface area (Å²) in [6, 6.07) is 0. The summed E-state index contributed by atoms with van der Waals surface area (Å²) in [6.45, 7) is 5.34. The first-order valence-corrected chi connectivity index (χ1v) is 2.31. The Morgan fingerprint density at radius 2 is 2.33 bits per heavy atom. The zero-order chi connectivity index (χ0) is 4.57. The van der Waals surface area contributed by atoms with Crippen LogP contribution in [0.2, 0.25) is 0 Å². The molecule has 0 unspecified atom stereocenters. The van der Waals surface area contributed by atoms with Gasteiger partial charge in [0.1, 0.15) is 0 Å². The molecular weight excluding hydrogens is 74.1 g/mol. The number of hydrogen-bond acceptors (Lipinski definition) is 1. The second kappa shape index (κ2) is 1.07. The third kappa shape index (κ3) is 0.348. The predicted octanol–water partition coefficient (Wildman–Crippen LogP) is 1.10. The smallest absolute Gasteiger partial charge is 0.0466 e. The van der Waals surface area contributed by atoms with Gasteiger partial charge in [-0.05, 0) is 6.92 Å². The lowest BCUT2D eigenvalue weighted by Gasteiger charge is -2.16. The second-order valence-corrected chi connectivity index (χ2v) is 1.88. The molecule has 0 spiro atoms. The van der Waals surface area contributed by atoms with Crippen LogP contribution in [-0.2, 0) is 0 Å². The summed E-state index contributed by atoms with van der Waals surface area (Å²) in [4.78, 5) is 4.07. The molecule has 1 nitrogen and oxygen atoms in total. The van der Waals surface area contributed by atoms with Crippen LogP contribution in [0.3, 0.4) is 0 Å². The van der Waals surface area contributed by atoms with Crippen LogP contribution in [-0.4, -0.2) is 12.3 Å². The van der Waals surface area contributed by atoms with E-state index in [-0.39, 0.29) is 0 Å². The molecule has 0 aromatic rings. The van der Waals surface area contributed by atoms with Gasteiger partial charge in [-0.15, -0.1) is 0 Å². The number of aliphatic imine (C=N–C) groups is 1. The van der Waals surface area contributed by atoms with Crippen LogP contribution in [0, 0.1) is 5.92 Å². The number of rotatable bonds is 0. The summed E-state index contributed by atoms with van der Waals surface area (Å²) in [6.07, 6.45) is 0. The Hall–Kier alpha value is -0.330. The average Bonchev–Trinajstić information content (AvgIpc) is 1.61. The third-order valence-corrected chi connectivity index (χ3v) is 1.33. The maximum Gasteiger partial charge on any atom is 0.0466 e. The molecule has 0 aromatic heterocycles. The Balaban J connectivity index is 2.51.